The highest BCUT2D eigenvalue weighted by atomic mass is 19.4. The molecule has 5 rings (SSSR count). The van der Waals surface area contributed by atoms with E-state index in [9.17, 15) is 22.8 Å². The Morgan fingerprint density at radius 1 is 1.00 bits per heavy atom. The van der Waals surface area contributed by atoms with Gasteiger partial charge in [0.15, 0.2) is 5.78 Å². The fraction of sp³-hybridized carbons (Fsp3) is 0.125. The number of benzene rings is 2. The molecule has 0 radical (unpaired) electrons. The average molecular weight is 463 g/mol. The van der Waals surface area contributed by atoms with E-state index in [-0.39, 0.29) is 30.2 Å². The van der Waals surface area contributed by atoms with Crippen LogP contribution in [0, 0.1) is 0 Å². The van der Waals surface area contributed by atoms with Gasteiger partial charge in [0.1, 0.15) is 6.33 Å². The smallest absolute Gasteiger partial charge is 0.304 e. The summed E-state index contributed by atoms with van der Waals surface area (Å²) in [4.78, 5) is 40.2. The number of ketones is 1. The van der Waals surface area contributed by atoms with Crippen molar-refractivity contribution in [2.45, 2.75) is 12.7 Å². The number of rotatable bonds is 4. The molecule has 0 spiro atoms. The summed E-state index contributed by atoms with van der Waals surface area (Å²) in [6, 6.07) is 14.4. The fourth-order valence-corrected chi connectivity index (χ4v) is 3.87. The van der Waals surface area contributed by atoms with Crippen LogP contribution in [0.4, 0.5) is 24.8 Å². The predicted molar refractivity (Wildman–Crippen MR) is 118 cm³/mol. The lowest BCUT2D eigenvalue weighted by atomic mass is 10.0. The molecule has 0 aliphatic carbocycles. The highest BCUT2D eigenvalue weighted by Crippen LogP contribution is 2.34. The van der Waals surface area contributed by atoms with Gasteiger partial charge in [-0.15, -0.1) is 0 Å². The van der Waals surface area contributed by atoms with Gasteiger partial charge in [-0.05, 0) is 29.8 Å². The van der Waals surface area contributed by atoms with Crippen LogP contribution in [0.15, 0.2) is 78.0 Å². The van der Waals surface area contributed by atoms with Gasteiger partial charge in [-0.25, -0.2) is 15.0 Å². The molecule has 7 nitrogen and oxygen atoms in total. The maximum atomic E-state index is 13.2. The van der Waals surface area contributed by atoms with Crippen molar-refractivity contribution in [3.8, 4) is 11.4 Å². The summed E-state index contributed by atoms with van der Waals surface area (Å²) in [5.41, 5.74) is 0.828. The van der Waals surface area contributed by atoms with Crippen molar-refractivity contribution in [1.29, 1.82) is 0 Å². The number of alkyl halides is 3. The third-order valence-electron chi connectivity index (χ3n) is 5.50. The van der Waals surface area contributed by atoms with Gasteiger partial charge in [0.25, 0.3) is 5.56 Å². The van der Waals surface area contributed by atoms with Crippen LogP contribution >= 0.6 is 0 Å². The van der Waals surface area contributed by atoms with Gasteiger partial charge in [-0.1, -0.05) is 30.3 Å². The number of fused-ring (bicyclic) bond motifs is 2. The Morgan fingerprint density at radius 2 is 1.82 bits per heavy atom. The summed E-state index contributed by atoms with van der Waals surface area (Å²) in [7, 11) is 0. The Kier molecular flexibility index (Phi) is 5.20. The highest BCUT2D eigenvalue weighted by Gasteiger charge is 2.32. The van der Waals surface area contributed by atoms with Crippen molar-refractivity contribution in [2.75, 3.05) is 11.4 Å². The summed E-state index contributed by atoms with van der Waals surface area (Å²) >= 11 is 0. The quantitative estimate of drug-likeness (QED) is 0.424. The predicted octanol–water partition coefficient (Wildman–Crippen LogP) is 4.10. The molecule has 0 fully saturated rings. The van der Waals surface area contributed by atoms with E-state index in [0.717, 1.165) is 17.7 Å². The Labute approximate surface area is 191 Å². The van der Waals surface area contributed by atoms with E-state index in [1.54, 1.807) is 23.1 Å². The summed E-state index contributed by atoms with van der Waals surface area (Å²) in [6.07, 6.45) is -1.72. The third kappa shape index (κ3) is 3.94. The molecule has 34 heavy (non-hydrogen) atoms. The molecular formula is C24H16F3N5O2. The SMILES string of the molecule is O=C(CN1c2ccccc2Cn2c1nc(-c1ccncn1)cc2=O)c1cccc(C(F)(F)F)c1. The number of hydrogen-bond acceptors (Lipinski definition) is 6. The first kappa shape index (κ1) is 21.5. The molecule has 2 aromatic carbocycles. The molecule has 3 heterocycles. The Balaban J connectivity index is 1.59. The van der Waals surface area contributed by atoms with Crippen molar-refractivity contribution < 1.29 is 18.0 Å². The van der Waals surface area contributed by atoms with Gasteiger partial charge in [0, 0.05) is 23.5 Å². The van der Waals surface area contributed by atoms with E-state index >= 15 is 0 Å². The van der Waals surface area contributed by atoms with Crippen LogP contribution in [-0.4, -0.2) is 31.8 Å². The van der Waals surface area contributed by atoms with Crippen molar-refractivity contribution >= 4 is 17.4 Å². The van der Waals surface area contributed by atoms with Crippen LogP contribution in [-0.2, 0) is 12.7 Å². The molecule has 0 bridgehead atoms. The fourth-order valence-electron chi connectivity index (χ4n) is 3.87. The number of halogens is 3. The molecule has 10 heteroatoms. The van der Waals surface area contributed by atoms with Gasteiger partial charge < -0.3 is 4.90 Å². The minimum absolute atomic E-state index is 0.0845. The number of anilines is 2. The maximum absolute atomic E-state index is 13.2. The van der Waals surface area contributed by atoms with Crippen LogP contribution in [0.3, 0.4) is 0 Å². The van der Waals surface area contributed by atoms with Crippen LogP contribution in [0.2, 0.25) is 0 Å². The topological polar surface area (TPSA) is 81.0 Å². The van der Waals surface area contributed by atoms with E-state index in [1.807, 2.05) is 12.1 Å². The molecule has 1 aliphatic heterocycles. The molecule has 0 unspecified atom stereocenters. The standard InChI is InChI=1S/C24H16F3N5O2/c25-24(26,27)17-6-3-5-15(10-17)21(33)13-31-20-7-2-1-4-16(20)12-32-22(34)11-19(30-23(31)32)18-8-9-28-14-29-18/h1-11,14H,12-13H2. The molecule has 4 aromatic rings. The molecular weight excluding hydrogens is 447 g/mol. The summed E-state index contributed by atoms with van der Waals surface area (Å²) in [5.74, 6) is -0.337. The summed E-state index contributed by atoms with van der Waals surface area (Å²) in [5, 5.41) is 0. The van der Waals surface area contributed by atoms with E-state index < -0.39 is 17.5 Å². The Hall–Kier alpha value is -4.34. The second kappa shape index (κ2) is 8.22. The van der Waals surface area contributed by atoms with Crippen molar-refractivity contribution in [1.82, 2.24) is 19.5 Å². The minimum Gasteiger partial charge on any atom is -0.304 e. The first-order valence-electron chi connectivity index (χ1n) is 10.3. The maximum Gasteiger partial charge on any atom is 0.416 e. The monoisotopic (exact) mass is 463 g/mol. The van der Waals surface area contributed by atoms with Crippen LogP contribution in [0.1, 0.15) is 21.5 Å². The van der Waals surface area contributed by atoms with Crippen molar-refractivity contribution in [3.05, 3.63) is 100 Å². The van der Waals surface area contributed by atoms with Crippen molar-refractivity contribution in [3.63, 3.8) is 0 Å². The molecule has 0 atom stereocenters. The molecule has 1 aliphatic rings. The number of nitrogens with zero attached hydrogens (tertiary/aromatic N) is 5. The lowest BCUT2D eigenvalue weighted by Gasteiger charge is -2.32. The molecule has 0 N–H and O–H groups in total. The molecule has 0 saturated carbocycles. The average Bonchev–Trinajstić information content (AvgIpc) is 2.84. The second-order valence-corrected chi connectivity index (χ2v) is 7.68. The second-order valence-electron chi connectivity index (χ2n) is 7.68. The Bertz CT molecular complexity index is 1450. The van der Waals surface area contributed by atoms with Gasteiger partial charge >= 0.3 is 6.18 Å². The largest absolute Gasteiger partial charge is 0.416 e. The van der Waals surface area contributed by atoms with Crippen LogP contribution in [0.5, 0.6) is 0 Å². The first-order valence-corrected chi connectivity index (χ1v) is 10.3. The first-order chi connectivity index (χ1) is 16.3. The molecule has 0 saturated heterocycles. The zero-order valence-corrected chi connectivity index (χ0v) is 17.5. The number of hydrogen-bond donors (Lipinski definition) is 0. The number of carbonyl (C=O) groups is 1. The Morgan fingerprint density at radius 3 is 2.59 bits per heavy atom. The van der Waals surface area contributed by atoms with Gasteiger partial charge in [0.05, 0.1) is 30.0 Å². The molecule has 170 valence electrons. The zero-order valence-electron chi connectivity index (χ0n) is 17.5. The molecule has 0 amide bonds. The number of para-hydroxylation sites is 1. The normalized spacial score (nSPS) is 12.7. The number of Topliss-reactive ketones (excluding diaryl/α,β-unsaturated/α-hetero) is 1. The number of aromatic nitrogens is 4. The zero-order chi connectivity index (χ0) is 23.9. The summed E-state index contributed by atoms with van der Waals surface area (Å²) < 4.78 is 40.9. The van der Waals surface area contributed by atoms with Gasteiger partial charge in [0.2, 0.25) is 5.95 Å². The van der Waals surface area contributed by atoms with Gasteiger partial charge in [-0.2, -0.15) is 13.2 Å². The van der Waals surface area contributed by atoms with Crippen LogP contribution < -0.4 is 10.5 Å². The minimum atomic E-state index is -4.57. The van der Waals surface area contributed by atoms with Crippen molar-refractivity contribution in [2.24, 2.45) is 0 Å². The van der Waals surface area contributed by atoms with E-state index in [0.29, 0.717) is 17.1 Å². The third-order valence-corrected chi connectivity index (χ3v) is 5.50. The lowest BCUT2D eigenvalue weighted by molar-refractivity contribution is -0.137. The van der Waals surface area contributed by atoms with E-state index in [4.69, 9.17) is 0 Å². The number of carbonyl (C=O) groups excluding carboxylic acids is 1. The highest BCUT2D eigenvalue weighted by molar-refractivity contribution is 6.00. The molecule has 2 aromatic heterocycles. The lowest BCUT2D eigenvalue weighted by Crippen LogP contribution is -2.37. The summed E-state index contributed by atoms with van der Waals surface area (Å²) in [6.45, 7) is -0.0619. The van der Waals surface area contributed by atoms with Crippen LogP contribution in [0.25, 0.3) is 11.4 Å². The van der Waals surface area contributed by atoms with E-state index in [1.165, 1.54) is 35.3 Å². The van der Waals surface area contributed by atoms with E-state index in [2.05, 4.69) is 15.0 Å². The van der Waals surface area contributed by atoms with Gasteiger partial charge in [-0.3, -0.25) is 14.2 Å².